The van der Waals surface area contributed by atoms with Crippen molar-refractivity contribution in [2.75, 3.05) is 31.9 Å². The van der Waals surface area contributed by atoms with Crippen LogP contribution in [0.2, 0.25) is 5.02 Å². The molecular formula is C22H19ClFN5O3S2. The number of fused-ring (bicyclic) bond motifs is 1. The number of thioether (sulfide) groups is 1. The van der Waals surface area contributed by atoms with Crippen molar-refractivity contribution in [2.24, 2.45) is 0 Å². The van der Waals surface area contributed by atoms with Crippen LogP contribution in [0.4, 0.5) is 9.52 Å². The van der Waals surface area contributed by atoms with Crippen LogP contribution < -0.4 is 10.1 Å². The number of aryl methyl sites for hydroxylation is 1. The van der Waals surface area contributed by atoms with Crippen molar-refractivity contribution in [2.45, 2.75) is 11.9 Å². The van der Waals surface area contributed by atoms with E-state index in [2.05, 4.69) is 25.3 Å². The quantitative estimate of drug-likeness (QED) is 0.249. The van der Waals surface area contributed by atoms with Crippen LogP contribution in [-0.2, 0) is 4.74 Å². The van der Waals surface area contributed by atoms with Gasteiger partial charge in [-0.2, -0.15) is 4.98 Å². The zero-order chi connectivity index (χ0) is 24.2. The van der Waals surface area contributed by atoms with Crippen LogP contribution in [0.1, 0.15) is 16.1 Å². The van der Waals surface area contributed by atoms with Crippen LogP contribution in [0, 0.1) is 12.7 Å². The average molecular weight is 520 g/mol. The molecule has 0 unspecified atom stereocenters. The van der Waals surface area contributed by atoms with Gasteiger partial charge in [0, 0.05) is 30.3 Å². The number of pyridine rings is 1. The first-order valence-electron chi connectivity index (χ1n) is 9.97. The molecule has 0 saturated carbocycles. The Morgan fingerprint density at radius 1 is 1.24 bits per heavy atom. The zero-order valence-electron chi connectivity index (χ0n) is 18.4. The van der Waals surface area contributed by atoms with Gasteiger partial charge in [0.05, 0.1) is 36.1 Å². The molecule has 3 aromatic heterocycles. The Morgan fingerprint density at radius 3 is 2.82 bits per heavy atom. The van der Waals surface area contributed by atoms with Gasteiger partial charge in [0.1, 0.15) is 10.8 Å². The molecule has 0 aliphatic carbocycles. The number of nitrogens with zero attached hydrogens (tertiary/aromatic N) is 4. The molecule has 0 spiro atoms. The molecule has 0 aliphatic rings. The average Bonchev–Trinajstić information content (AvgIpc) is 3.22. The molecule has 8 nitrogen and oxygen atoms in total. The standard InChI is InChI=1S/C22H19ClFN5O3S2/c1-11-8-12(17-15(32-3)5-4-14(23)18(17)24)13(9-25-11)20(30)29-22-28-19-21(34-22)27-16(10-26-19)33-7-6-31-2/h4-5,8-10H,6-7H2,1-3H3,(H,26,28,29,30). The number of carbonyl (C=O) groups is 1. The highest BCUT2D eigenvalue weighted by Crippen LogP contribution is 2.38. The molecule has 0 saturated heterocycles. The fraction of sp³-hybridized carbons (Fsp3) is 0.227. The highest BCUT2D eigenvalue weighted by atomic mass is 35.5. The van der Waals surface area contributed by atoms with E-state index in [9.17, 15) is 4.79 Å². The third kappa shape index (κ3) is 5.12. The van der Waals surface area contributed by atoms with Gasteiger partial charge in [-0.25, -0.2) is 14.4 Å². The number of ether oxygens (including phenoxy) is 2. The maximum atomic E-state index is 15.0. The van der Waals surface area contributed by atoms with Gasteiger partial charge in [0.25, 0.3) is 5.91 Å². The van der Waals surface area contributed by atoms with Gasteiger partial charge in [-0.05, 0) is 25.1 Å². The van der Waals surface area contributed by atoms with Gasteiger partial charge in [0.2, 0.25) is 0 Å². The molecule has 0 atom stereocenters. The lowest BCUT2D eigenvalue weighted by Crippen LogP contribution is -2.14. The number of rotatable bonds is 8. The number of amides is 1. The molecule has 0 radical (unpaired) electrons. The lowest BCUT2D eigenvalue weighted by atomic mass is 9.98. The highest BCUT2D eigenvalue weighted by Gasteiger charge is 2.23. The Hall–Kier alpha value is -2.86. The second-order valence-corrected chi connectivity index (χ2v) is 9.46. The summed E-state index contributed by atoms with van der Waals surface area (Å²) in [5.41, 5.74) is 1.54. The molecular weight excluding hydrogens is 501 g/mol. The van der Waals surface area contributed by atoms with E-state index in [-0.39, 0.29) is 21.9 Å². The van der Waals surface area contributed by atoms with Crippen LogP contribution >= 0.6 is 34.7 Å². The van der Waals surface area contributed by atoms with Gasteiger partial charge < -0.3 is 9.47 Å². The van der Waals surface area contributed by atoms with Crippen LogP contribution in [-0.4, -0.2) is 52.4 Å². The van der Waals surface area contributed by atoms with Crippen molar-refractivity contribution in [3.05, 3.63) is 52.7 Å². The largest absolute Gasteiger partial charge is 0.496 e. The Bertz CT molecular complexity index is 1370. The molecule has 1 amide bonds. The maximum Gasteiger partial charge on any atom is 0.259 e. The number of aromatic nitrogens is 4. The third-order valence-electron chi connectivity index (χ3n) is 4.69. The van der Waals surface area contributed by atoms with Crippen molar-refractivity contribution in [1.29, 1.82) is 0 Å². The predicted octanol–water partition coefficient (Wildman–Crippen LogP) is 5.25. The predicted molar refractivity (Wildman–Crippen MR) is 132 cm³/mol. The van der Waals surface area contributed by atoms with Crippen molar-refractivity contribution < 1.29 is 18.7 Å². The van der Waals surface area contributed by atoms with E-state index >= 15 is 4.39 Å². The summed E-state index contributed by atoms with van der Waals surface area (Å²) >= 11 is 8.72. The number of methoxy groups -OCH3 is 2. The number of benzene rings is 1. The van der Waals surface area contributed by atoms with E-state index in [1.807, 2.05) is 0 Å². The van der Waals surface area contributed by atoms with Gasteiger partial charge >= 0.3 is 0 Å². The van der Waals surface area contributed by atoms with Crippen LogP contribution in [0.15, 0.2) is 35.6 Å². The van der Waals surface area contributed by atoms with E-state index in [1.54, 1.807) is 32.4 Å². The fourth-order valence-electron chi connectivity index (χ4n) is 3.12. The summed E-state index contributed by atoms with van der Waals surface area (Å²) in [6, 6.07) is 4.55. The summed E-state index contributed by atoms with van der Waals surface area (Å²) in [4.78, 5) is 31.2. The topological polar surface area (TPSA) is 99.1 Å². The maximum absolute atomic E-state index is 15.0. The first-order valence-corrected chi connectivity index (χ1v) is 12.1. The van der Waals surface area contributed by atoms with Crippen LogP contribution in [0.5, 0.6) is 5.75 Å². The zero-order valence-corrected chi connectivity index (χ0v) is 20.8. The molecule has 0 bridgehead atoms. The van der Waals surface area contributed by atoms with Crippen LogP contribution in [0.25, 0.3) is 21.6 Å². The van der Waals surface area contributed by atoms with Gasteiger partial charge in [-0.1, -0.05) is 22.9 Å². The summed E-state index contributed by atoms with van der Waals surface area (Å²) in [6.45, 7) is 2.34. The Labute approximate surface area is 207 Å². The van der Waals surface area contributed by atoms with E-state index in [1.165, 1.54) is 42.5 Å². The van der Waals surface area contributed by atoms with Crippen molar-refractivity contribution >= 4 is 56.2 Å². The first-order chi connectivity index (χ1) is 16.4. The highest BCUT2D eigenvalue weighted by molar-refractivity contribution is 7.99. The molecule has 1 aromatic carbocycles. The Morgan fingerprint density at radius 2 is 2.06 bits per heavy atom. The van der Waals surface area contributed by atoms with Crippen molar-refractivity contribution in [1.82, 2.24) is 19.9 Å². The minimum absolute atomic E-state index is 0.0796. The van der Waals surface area contributed by atoms with Crippen molar-refractivity contribution in [3.8, 4) is 16.9 Å². The van der Waals surface area contributed by atoms with Gasteiger partial charge in [0.15, 0.2) is 21.4 Å². The molecule has 1 N–H and O–H groups in total. The normalized spacial score (nSPS) is 11.1. The molecule has 0 aliphatic heterocycles. The molecule has 4 aromatic rings. The molecule has 12 heteroatoms. The van der Waals surface area contributed by atoms with Crippen LogP contribution in [0.3, 0.4) is 0 Å². The summed E-state index contributed by atoms with van der Waals surface area (Å²) in [7, 11) is 3.06. The first kappa shape index (κ1) is 24.3. The summed E-state index contributed by atoms with van der Waals surface area (Å²) in [5.74, 6) is -0.218. The third-order valence-corrected chi connectivity index (χ3v) is 6.70. The lowest BCUT2D eigenvalue weighted by molar-refractivity contribution is 0.102. The molecule has 34 heavy (non-hydrogen) atoms. The number of thiazole rings is 1. The van der Waals surface area contributed by atoms with E-state index in [0.29, 0.717) is 33.5 Å². The molecule has 4 rings (SSSR count). The Kier molecular flexibility index (Phi) is 7.57. The number of hydrogen-bond donors (Lipinski definition) is 1. The lowest BCUT2D eigenvalue weighted by Gasteiger charge is -2.14. The SMILES string of the molecule is COCCSc1cnc2nc(NC(=O)c3cnc(C)cc3-c3c(OC)ccc(Cl)c3F)sc2n1. The fourth-order valence-corrected chi connectivity index (χ4v) is 4.87. The molecule has 0 fully saturated rings. The number of carbonyl (C=O) groups excluding carboxylic acids is 1. The minimum atomic E-state index is -0.687. The smallest absolute Gasteiger partial charge is 0.259 e. The minimum Gasteiger partial charge on any atom is -0.496 e. The summed E-state index contributed by atoms with van der Waals surface area (Å²) < 4.78 is 25.4. The number of hydrogen-bond acceptors (Lipinski definition) is 9. The van der Waals surface area contributed by atoms with E-state index in [4.69, 9.17) is 21.1 Å². The monoisotopic (exact) mass is 519 g/mol. The number of nitrogens with one attached hydrogen (secondary N) is 1. The van der Waals surface area contributed by atoms with Gasteiger partial charge in [-0.3, -0.25) is 15.1 Å². The van der Waals surface area contributed by atoms with Gasteiger partial charge in [-0.15, -0.1) is 11.8 Å². The van der Waals surface area contributed by atoms with E-state index < -0.39 is 11.7 Å². The number of anilines is 1. The second kappa shape index (κ2) is 10.6. The second-order valence-electron chi connectivity index (χ2n) is 6.96. The number of halogens is 2. The van der Waals surface area contributed by atoms with E-state index in [0.717, 1.165) is 10.8 Å². The van der Waals surface area contributed by atoms with Crippen molar-refractivity contribution in [3.63, 3.8) is 0 Å². The summed E-state index contributed by atoms with van der Waals surface area (Å²) in [5, 5.41) is 3.71. The molecule has 3 heterocycles. The molecule has 176 valence electrons. The summed E-state index contributed by atoms with van der Waals surface area (Å²) in [6.07, 6.45) is 3.01. The Balaban J connectivity index is 1.66.